The van der Waals surface area contributed by atoms with Gasteiger partial charge in [0.1, 0.15) is 11.3 Å². The number of rotatable bonds is 4. The van der Waals surface area contributed by atoms with Crippen molar-refractivity contribution in [1.29, 1.82) is 0 Å². The Balaban J connectivity index is 1.82. The molecule has 0 spiro atoms. The van der Waals surface area contributed by atoms with Crippen molar-refractivity contribution in [3.8, 4) is 0 Å². The number of fused-ring (bicyclic) bond motifs is 1. The fourth-order valence-corrected chi connectivity index (χ4v) is 3.56. The van der Waals surface area contributed by atoms with Crippen LogP contribution in [0.4, 0.5) is 0 Å². The van der Waals surface area contributed by atoms with E-state index in [0.29, 0.717) is 12.6 Å². The molecule has 0 saturated heterocycles. The Bertz CT molecular complexity index is 582. The molecule has 1 fully saturated rings. The van der Waals surface area contributed by atoms with Crippen molar-refractivity contribution in [2.75, 3.05) is 7.05 Å². The fraction of sp³-hybridized carbons (Fsp3) is 0.556. The number of nitrogens with two attached hydrogens (primary N) is 1. The van der Waals surface area contributed by atoms with E-state index in [-0.39, 0.29) is 0 Å². The van der Waals surface area contributed by atoms with Gasteiger partial charge >= 0.3 is 0 Å². The van der Waals surface area contributed by atoms with Crippen LogP contribution in [0.15, 0.2) is 28.7 Å². The van der Waals surface area contributed by atoms with Crippen LogP contribution in [0.3, 0.4) is 0 Å². The molecule has 1 aliphatic rings. The summed E-state index contributed by atoms with van der Waals surface area (Å²) in [6.45, 7) is 1.41. The lowest BCUT2D eigenvalue weighted by Crippen LogP contribution is -2.31. The lowest BCUT2D eigenvalue weighted by atomic mass is 10.1. The fourth-order valence-electron chi connectivity index (χ4n) is 3.56. The predicted molar refractivity (Wildman–Crippen MR) is 87.1 cm³/mol. The number of para-hydroxylation sites is 1. The summed E-state index contributed by atoms with van der Waals surface area (Å²) in [5.74, 6) is 0.941. The molecule has 1 aromatic heterocycles. The highest BCUT2D eigenvalue weighted by atomic mass is 16.3. The van der Waals surface area contributed by atoms with E-state index >= 15 is 0 Å². The highest BCUT2D eigenvalue weighted by molar-refractivity contribution is 5.82. The smallest absolute Gasteiger partial charge is 0.134 e. The first-order chi connectivity index (χ1) is 10.3. The third-order valence-electron chi connectivity index (χ3n) is 4.82. The Morgan fingerprint density at radius 2 is 1.86 bits per heavy atom. The lowest BCUT2D eigenvalue weighted by Gasteiger charge is -2.27. The Labute approximate surface area is 127 Å². The van der Waals surface area contributed by atoms with Crippen molar-refractivity contribution in [2.24, 2.45) is 5.73 Å². The monoisotopic (exact) mass is 286 g/mol. The maximum atomic E-state index is 5.91. The molecule has 21 heavy (non-hydrogen) atoms. The SMILES string of the molecule is CN(Cc1c(CN)oc2ccccc12)C1CCCCCC1. The van der Waals surface area contributed by atoms with Crippen molar-refractivity contribution in [1.82, 2.24) is 4.90 Å². The van der Waals surface area contributed by atoms with Gasteiger partial charge in [-0.2, -0.15) is 0 Å². The second-order valence-corrected chi connectivity index (χ2v) is 6.26. The average Bonchev–Trinajstić information content (AvgIpc) is 2.68. The molecule has 0 unspecified atom stereocenters. The standard InChI is InChI=1S/C18H26N2O/c1-20(14-8-4-2-3-5-9-14)13-16-15-10-6-7-11-17(15)21-18(16)12-19/h6-7,10-11,14H,2-5,8-9,12-13,19H2,1H3. The third kappa shape index (κ3) is 3.14. The minimum atomic E-state index is 0.475. The highest BCUT2D eigenvalue weighted by Crippen LogP contribution is 2.29. The van der Waals surface area contributed by atoms with Gasteiger partial charge in [0, 0.05) is 23.5 Å². The maximum absolute atomic E-state index is 5.91. The molecule has 0 bridgehead atoms. The van der Waals surface area contributed by atoms with E-state index < -0.39 is 0 Å². The Morgan fingerprint density at radius 1 is 1.14 bits per heavy atom. The van der Waals surface area contributed by atoms with E-state index in [4.69, 9.17) is 10.2 Å². The summed E-state index contributed by atoms with van der Waals surface area (Å²) in [4.78, 5) is 2.50. The molecule has 2 N–H and O–H groups in total. The number of nitrogens with zero attached hydrogens (tertiary/aromatic N) is 1. The number of furan rings is 1. The van der Waals surface area contributed by atoms with Crippen molar-refractivity contribution in [3.63, 3.8) is 0 Å². The van der Waals surface area contributed by atoms with Crippen LogP contribution in [-0.2, 0) is 13.1 Å². The van der Waals surface area contributed by atoms with Crippen LogP contribution in [0, 0.1) is 0 Å². The van der Waals surface area contributed by atoms with Gasteiger partial charge in [0.2, 0.25) is 0 Å². The molecule has 0 radical (unpaired) electrons. The molecule has 3 rings (SSSR count). The third-order valence-corrected chi connectivity index (χ3v) is 4.82. The summed E-state index contributed by atoms with van der Waals surface area (Å²) in [7, 11) is 2.25. The molecule has 3 heteroatoms. The van der Waals surface area contributed by atoms with Crippen molar-refractivity contribution in [2.45, 2.75) is 57.7 Å². The molecule has 0 atom stereocenters. The summed E-state index contributed by atoms with van der Waals surface area (Å²) in [5.41, 5.74) is 8.12. The van der Waals surface area contributed by atoms with Crippen LogP contribution in [0.2, 0.25) is 0 Å². The van der Waals surface area contributed by atoms with Gasteiger partial charge in [-0.25, -0.2) is 0 Å². The van der Waals surface area contributed by atoms with E-state index in [2.05, 4.69) is 24.1 Å². The van der Waals surface area contributed by atoms with Gasteiger partial charge in [0.15, 0.2) is 0 Å². The van der Waals surface area contributed by atoms with Crippen LogP contribution < -0.4 is 5.73 Å². The molecule has 1 aromatic carbocycles. The Morgan fingerprint density at radius 3 is 2.57 bits per heavy atom. The van der Waals surface area contributed by atoms with Gasteiger partial charge in [0.05, 0.1) is 6.54 Å². The van der Waals surface area contributed by atoms with Gasteiger partial charge < -0.3 is 10.2 Å². The lowest BCUT2D eigenvalue weighted by molar-refractivity contribution is 0.212. The molecule has 0 amide bonds. The van der Waals surface area contributed by atoms with Crippen LogP contribution >= 0.6 is 0 Å². The van der Waals surface area contributed by atoms with Gasteiger partial charge in [0.25, 0.3) is 0 Å². The Hall–Kier alpha value is -1.32. The normalized spacial score (nSPS) is 17.5. The molecular formula is C18H26N2O. The van der Waals surface area contributed by atoms with E-state index in [1.807, 2.05) is 12.1 Å². The number of hydrogen-bond acceptors (Lipinski definition) is 3. The zero-order valence-electron chi connectivity index (χ0n) is 13.0. The first-order valence-electron chi connectivity index (χ1n) is 8.19. The van der Waals surface area contributed by atoms with Crippen LogP contribution in [-0.4, -0.2) is 18.0 Å². The second kappa shape index (κ2) is 6.63. The first kappa shape index (κ1) is 14.6. The molecule has 114 valence electrons. The summed E-state index contributed by atoms with van der Waals surface area (Å²) in [6, 6.07) is 8.97. The number of hydrogen-bond donors (Lipinski definition) is 1. The van der Waals surface area contributed by atoms with Crippen LogP contribution in [0.25, 0.3) is 11.0 Å². The second-order valence-electron chi connectivity index (χ2n) is 6.26. The molecule has 1 saturated carbocycles. The first-order valence-corrected chi connectivity index (χ1v) is 8.19. The zero-order valence-corrected chi connectivity index (χ0v) is 13.0. The molecule has 1 heterocycles. The minimum absolute atomic E-state index is 0.475. The summed E-state index contributed by atoms with van der Waals surface area (Å²) < 4.78 is 5.91. The maximum Gasteiger partial charge on any atom is 0.134 e. The van der Waals surface area contributed by atoms with Crippen LogP contribution in [0.1, 0.15) is 49.8 Å². The van der Waals surface area contributed by atoms with E-state index in [0.717, 1.165) is 17.9 Å². The van der Waals surface area contributed by atoms with E-state index in [1.165, 1.54) is 49.5 Å². The predicted octanol–water partition coefficient (Wildman–Crippen LogP) is 4.05. The largest absolute Gasteiger partial charge is 0.459 e. The molecule has 2 aromatic rings. The quantitative estimate of drug-likeness (QED) is 0.862. The molecule has 0 aliphatic heterocycles. The van der Waals surface area contributed by atoms with Crippen LogP contribution in [0.5, 0.6) is 0 Å². The molecule has 1 aliphatic carbocycles. The molecule has 3 nitrogen and oxygen atoms in total. The van der Waals surface area contributed by atoms with Crippen molar-refractivity contribution < 1.29 is 4.42 Å². The summed E-state index contributed by atoms with van der Waals surface area (Å²) in [5, 5.41) is 1.22. The van der Waals surface area contributed by atoms with Crippen molar-refractivity contribution in [3.05, 3.63) is 35.6 Å². The average molecular weight is 286 g/mol. The number of benzene rings is 1. The zero-order chi connectivity index (χ0) is 14.7. The van der Waals surface area contributed by atoms with Gasteiger partial charge in [-0.15, -0.1) is 0 Å². The minimum Gasteiger partial charge on any atom is -0.459 e. The summed E-state index contributed by atoms with van der Waals surface area (Å²) in [6.07, 6.45) is 8.17. The van der Waals surface area contributed by atoms with E-state index in [1.54, 1.807) is 0 Å². The Kier molecular flexibility index (Phi) is 4.61. The van der Waals surface area contributed by atoms with Gasteiger partial charge in [-0.1, -0.05) is 43.9 Å². The highest BCUT2D eigenvalue weighted by Gasteiger charge is 2.20. The topological polar surface area (TPSA) is 42.4 Å². The van der Waals surface area contributed by atoms with Gasteiger partial charge in [-0.3, -0.25) is 4.90 Å². The van der Waals surface area contributed by atoms with E-state index in [9.17, 15) is 0 Å². The summed E-state index contributed by atoms with van der Waals surface area (Å²) >= 11 is 0. The van der Waals surface area contributed by atoms with Gasteiger partial charge in [-0.05, 0) is 26.0 Å². The molecular weight excluding hydrogens is 260 g/mol. The van der Waals surface area contributed by atoms with Crippen molar-refractivity contribution >= 4 is 11.0 Å².